The summed E-state index contributed by atoms with van der Waals surface area (Å²) < 4.78 is 5.12. The van der Waals surface area contributed by atoms with Crippen LogP contribution in [0.2, 0.25) is 0 Å². The van der Waals surface area contributed by atoms with Gasteiger partial charge in [0.2, 0.25) is 0 Å². The third-order valence-corrected chi connectivity index (χ3v) is 3.62. The smallest absolute Gasteiger partial charge is 0.170 e. The molecule has 0 saturated carbocycles. The summed E-state index contributed by atoms with van der Waals surface area (Å²) in [6, 6.07) is 8.23. The number of thiocarbonyl (C=S) groups is 1. The van der Waals surface area contributed by atoms with Crippen molar-refractivity contribution in [2.24, 2.45) is 0 Å². The monoisotopic (exact) mass is 279 g/mol. The fraction of sp³-hybridized carbons (Fsp3) is 0.500. The summed E-state index contributed by atoms with van der Waals surface area (Å²) in [5.74, 6) is 0.847. The highest BCUT2D eigenvalue weighted by Crippen LogP contribution is 2.15. The Labute approximate surface area is 120 Å². The zero-order chi connectivity index (χ0) is 13.7. The Morgan fingerprint density at radius 3 is 2.47 bits per heavy atom. The molecular formula is C14H21N3OS. The number of methoxy groups -OCH3 is 1. The van der Waals surface area contributed by atoms with Crippen LogP contribution in [-0.4, -0.2) is 43.3 Å². The largest absolute Gasteiger partial charge is 0.497 e. The first-order chi connectivity index (χ1) is 9.17. The number of piperidine rings is 1. The van der Waals surface area contributed by atoms with Crippen molar-refractivity contribution in [3.05, 3.63) is 24.3 Å². The lowest BCUT2D eigenvalue weighted by molar-refractivity contribution is 0.247. The minimum absolute atomic E-state index is 0.481. The normalized spacial score (nSPS) is 16.9. The number of nitrogens with one attached hydrogen (secondary N) is 2. The Balaban J connectivity index is 1.80. The predicted octanol–water partition coefficient (Wildman–Crippen LogP) is 2.08. The van der Waals surface area contributed by atoms with Gasteiger partial charge in [-0.05, 0) is 69.5 Å². The Bertz CT molecular complexity index is 413. The molecule has 1 saturated heterocycles. The molecular weight excluding hydrogens is 258 g/mol. The number of anilines is 1. The SMILES string of the molecule is COc1ccc(NC(=S)NC2CCN(C)CC2)cc1. The topological polar surface area (TPSA) is 36.5 Å². The highest BCUT2D eigenvalue weighted by atomic mass is 32.1. The maximum absolute atomic E-state index is 5.34. The molecule has 0 spiro atoms. The molecule has 0 atom stereocenters. The third kappa shape index (κ3) is 4.36. The predicted molar refractivity (Wildman–Crippen MR) is 82.9 cm³/mol. The Hall–Kier alpha value is -1.33. The quantitative estimate of drug-likeness (QED) is 0.829. The first-order valence-corrected chi connectivity index (χ1v) is 6.98. The fourth-order valence-electron chi connectivity index (χ4n) is 2.18. The summed E-state index contributed by atoms with van der Waals surface area (Å²) in [5.41, 5.74) is 0.978. The summed E-state index contributed by atoms with van der Waals surface area (Å²) in [4.78, 5) is 2.35. The molecule has 4 nitrogen and oxygen atoms in total. The highest BCUT2D eigenvalue weighted by Gasteiger charge is 2.16. The van der Waals surface area contributed by atoms with Gasteiger partial charge >= 0.3 is 0 Å². The number of benzene rings is 1. The van der Waals surface area contributed by atoms with Gasteiger partial charge in [-0.2, -0.15) is 0 Å². The van der Waals surface area contributed by atoms with E-state index in [1.807, 2.05) is 24.3 Å². The third-order valence-electron chi connectivity index (χ3n) is 3.40. The van der Waals surface area contributed by atoms with E-state index in [1.165, 1.54) is 0 Å². The second-order valence-electron chi connectivity index (χ2n) is 4.90. The second kappa shape index (κ2) is 6.73. The van der Waals surface area contributed by atoms with E-state index in [4.69, 9.17) is 17.0 Å². The molecule has 1 aromatic carbocycles. The number of likely N-dealkylation sites (tertiary alicyclic amines) is 1. The van der Waals surface area contributed by atoms with Crippen LogP contribution in [0.3, 0.4) is 0 Å². The van der Waals surface area contributed by atoms with Crippen LogP contribution in [0.4, 0.5) is 5.69 Å². The van der Waals surface area contributed by atoms with E-state index >= 15 is 0 Å². The van der Waals surface area contributed by atoms with Gasteiger partial charge in [-0.25, -0.2) is 0 Å². The molecule has 0 aromatic heterocycles. The van der Waals surface area contributed by atoms with Crippen LogP contribution >= 0.6 is 12.2 Å². The van der Waals surface area contributed by atoms with E-state index in [0.717, 1.165) is 37.4 Å². The molecule has 2 N–H and O–H groups in total. The van der Waals surface area contributed by atoms with E-state index in [-0.39, 0.29) is 0 Å². The number of ether oxygens (including phenoxy) is 1. The number of hydrogen-bond acceptors (Lipinski definition) is 3. The summed E-state index contributed by atoms with van der Waals surface area (Å²) in [6.07, 6.45) is 2.28. The van der Waals surface area contributed by atoms with Gasteiger partial charge in [-0.1, -0.05) is 0 Å². The van der Waals surface area contributed by atoms with E-state index in [0.29, 0.717) is 11.2 Å². The highest BCUT2D eigenvalue weighted by molar-refractivity contribution is 7.80. The van der Waals surface area contributed by atoms with Crippen LogP contribution in [0.15, 0.2) is 24.3 Å². The molecule has 1 fully saturated rings. The van der Waals surface area contributed by atoms with Crippen LogP contribution in [0.25, 0.3) is 0 Å². The van der Waals surface area contributed by atoms with E-state index in [1.54, 1.807) is 7.11 Å². The minimum Gasteiger partial charge on any atom is -0.497 e. The van der Waals surface area contributed by atoms with Gasteiger partial charge in [0.05, 0.1) is 7.11 Å². The van der Waals surface area contributed by atoms with Crippen LogP contribution in [0, 0.1) is 0 Å². The zero-order valence-electron chi connectivity index (χ0n) is 11.5. The van der Waals surface area contributed by atoms with Gasteiger partial charge < -0.3 is 20.3 Å². The van der Waals surface area contributed by atoms with Crippen molar-refractivity contribution in [1.29, 1.82) is 0 Å². The lowest BCUT2D eigenvalue weighted by Crippen LogP contribution is -2.44. The molecule has 19 heavy (non-hydrogen) atoms. The molecule has 1 aliphatic heterocycles. The minimum atomic E-state index is 0.481. The Morgan fingerprint density at radius 2 is 1.89 bits per heavy atom. The van der Waals surface area contributed by atoms with Crippen molar-refractivity contribution >= 4 is 23.0 Å². The van der Waals surface area contributed by atoms with Crippen molar-refractivity contribution in [3.63, 3.8) is 0 Å². The van der Waals surface area contributed by atoms with Crippen molar-refractivity contribution in [1.82, 2.24) is 10.2 Å². The standard InChI is InChI=1S/C14H21N3OS/c1-17-9-7-12(8-10-17)16-14(19)15-11-3-5-13(18-2)6-4-11/h3-6,12H,7-10H2,1-2H3,(H2,15,16,19). The maximum Gasteiger partial charge on any atom is 0.170 e. The summed E-state index contributed by atoms with van der Waals surface area (Å²) >= 11 is 5.34. The molecule has 104 valence electrons. The van der Waals surface area contributed by atoms with Crippen molar-refractivity contribution in [2.45, 2.75) is 18.9 Å². The van der Waals surface area contributed by atoms with Gasteiger partial charge in [0.25, 0.3) is 0 Å². The van der Waals surface area contributed by atoms with Crippen molar-refractivity contribution in [2.75, 3.05) is 32.6 Å². The lowest BCUT2D eigenvalue weighted by Gasteiger charge is -2.30. The zero-order valence-corrected chi connectivity index (χ0v) is 12.3. The molecule has 1 aliphatic rings. The Morgan fingerprint density at radius 1 is 1.26 bits per heavy atom. The van der Waals surface area contributed by atoms with Crippen LogP contribution in [0.1, 0.15) is 12.8 Å². The van der Waals surface area contributed by atoms with Crippen LogP contribution < -0.4 is 15.4 Å². The molecule has 0 unspecified atom stereocenters. The first kappa shape index (κ1) is 14.1. The maximum atomic E-state index is 5.34. The van der Waals surface area contributed by atoms with Crippen molar-refractivity contribution in [3.8, 4) is 5.75 Å². The number of hydrogen-bond donors (Lipinski definition) is 2. The van der Waals surface area contributed by atoms with Crippen molar-refractivity contribution < 1.29 is 4.74 Å². The van der Waals surface area contributed by atoms with E-state index < -0.39 is 0 Å². The van der Waals surface area contributed by atoms with Crippen LogP contribution in [-0.2, 0) is 0 Å². The molecule has 0 bridgehead atoms. The van der Waals surface area contributed by atoms with Gasteiger partial charge in [0.1, 0.15) is 5.75 Å². The number of rotatable bonds is 3. The fourth-order valence-corrected chi connectivity index (χ4v) is 2.46. The number of nitrogens with zero attached hydrogens (tertiary/aromatic N) is 1. The summed E-state index contributed by atoms with van der Waals surface area (Å²) in [5, 5.41) is 7.28. The van der Waals surface area contributed by atoms with E-state index in [9.17, 15) is 0 Å². The van der Waals surface area contributed by atoms with Gasteiger partial charge in [0.15, 0.2) is 5.11 Å². The van der Waals surface area contributed by atoms with Gasteiger partial charge in [-0.3, -0.25) is 0 Å². The summed E-state index contributed by atoms with van der Waals surface area (Å²) in [6.45, 7) is 2.26. The van der Waals surface area contributed by atoms with Crippen LogP contribution in [0.5, 0.6) is 5.75 Å². The molecule has 2 rings (SSSR count). The Kier molecular flexibility index (Phi) is 4.99. The molecule has 1 heterocycles. The molecule has 0 radical (unpaired) electrons. The second-order valence-corrected chi connectivity index (χ2v) is 5.31. The van der Waals surface area contributed by atoms with E-state index in [2.05, 4.69) is 22.6 Å². The summed E-state index contributed by atoms with van der Waals surface area (Å²) in [7, 11) is 3.82. The van der Waals surface area contributed by atoms with Gasteiger partial charge in [0, 0.05) is 11.7 Å². The molecule has 1 aromatic rings. The lowest BCUT2D eigenvalue weighted by atomic mass is 10.1. The van der Waals surface area contributed by atoms with Gasteiger partial charge in [-0.15, -0.1) is 0 Å². The molecule has 0 aliphatic carbocycles. The molecule has 5 heteroatoms. The average Bonchev–Trinajstić information content (AvgIpc) is 2.42. The average molecular weight is 279 g/mol. The first-order valence-electron chi connectivity index (χ1n) is 6.57. The molecule has 0 amide bonds.